The minimum atomic E-state index is -2.88. The van der Waals surface area contributed by atoms with E-state index in [4.69, 9.17) is 0 Å². The summed E-state index contributed by atoms with van der Waals surface area (Å²) in [5.74, 6) is 0.695. The van der Waals surface area contributed by atoms with E-state index in [2.05, 4.69) is 25.3 Å². The number of rotatable bonds is 7. The molecule has 12 heteroatoms. The van der Waals surface area contributed by atoms with E-state index in [-0.39, 0.29) is 23.6 Å². The van der Waals surface area contributed by atoms with Crippen molar-refractivity contribution in [2.45, 2.75) is 32.4 Å². The van der Waals surface area contributed by atoms with Crippen LogP contribution in [0, 0.1) is 6.92 Å². The lowest BCUT2D eigenvalue weighted by atomic mass is 10.1. The Morgan fingerprint density at radius 3 is 2.50 bits per heavy atom. The molecule has 2 aliphatic heterocycles. The Labute approximate surface area is 241 Å². The molecule has 0 spiro atoms. The first kappa shape index (κ1) is 27.6. The van der Waals surface area contributed by atoms with Crippen LogP contribution in [0.15, 0.2) is 61.1 Å². The zero-order valence-electron chi connectivity index (χ0n) is 23.1. The van der Waals surface area contributed by atoms with Crippen LogP contribution in [0.2, 0.25) is 0 Å². The largest absolute Gasteiger partial charge is 0.435 e. The highest BCUT2D eigenvalue weighted by molar-refractivity contribution is 5.96. The minimum Gasteiger partial charge on any atom is -0.435 e. The van der Waals surface area contributed by atoms with Gasteiger partial charge in [-0.2, -0.15) is 8.78 Å². The van der Waals surface area contributed by atoms with Crippen molar-refractivity contribution in [3.63, 3.8) is 0 Å². The maximum Gasteiger partial charge on any atom is 0.387 e. The molecule has 218 valence electrons. The monoisotopic (exact) mass is 575 g/mol. The molecule has 4 aromatic rings. The van der Waals surface area contributed by atoms with Gasteiger partial charge < -0.3 is 25.2 Å². The summed E-state index contributed by atoms with van der Waals surface area (Å²) in [4.78, 5) is 38.7. The Balaban J connectivity index is 1.13. The molecular formula is C30H31F2N7O3. The van der Waals surface area contributed by atoms with Gasteiger partial charge in [-0.25, -0.2) is 9.97 Å². The summed E-state index contributed by atoms with van der Waals surface area (Å²) < 4.78 is 31.3. The fourth-order valence-electron chi connectivity index (χ4n) is 5.56. The van der Waals surface area contributed by atoms with Gasteiger partial charge in [0.05, 0.1) is 17.9 Å². The summed E-state index contributed by atoms with van der Waals surface area (Å²) in [7, 11) is 0. The molecule has 2 aliphatic rings. The molecule has 0 bridgehead atoms. The van der Waals surface area contributed by atoms with Gasteiger partial charge >= 0.3 is 6.61 Å². The number of benzene rings is 2. The Bertz CT molecular complexity index is 1590. The normalized spacial score (nSPS) is 17.2. The van der Waals surface area contributed by atoms with E-state index >= 15 is 0 Å². The highest BCUT2D eigenvalue weighted by atomic mass is 19.3. The number of amides is 2. The fourth-order valence-corrected chi connectivity index (χ4v) is 5.56. The molecule has 2 aromatic heterocycles. The van der Waals surface area contributed by atoms with E-state index in [1.165, 1.54) is 12.1 Å². The highest BCUT2D eigenvalue weighted by Gasteiger charge is 2.31. The zero-order chi connectivity index (χ0) is 29.2. The second-order valence-corrected chi connectivity index (χ2v) is 10.4. The zero-order valence-corrected chi connectivity index (χ0v) is 23.1. The van der Waals surface area contributed by atoms with E-state index in [0.717, 1.165) is 41.9 Å². The number of nitrogens with one attached hydrogen (secondary N) is 2. The summed E-state index contributed by atoms with van der Waals surface area (Å²) >= 11 is 0. The lowest BCUT2D eigenvalue weighted by molar-refractivity contribution is -0.134. The van der Waals surface area contributed by atoms with Crippen molar-refractivity contribution >= 4 is 29.0 Å². The number of imidazole rings is 1. The van der Waals surface area contributed by atoms with Gasteiger partial charge in [0.2, 0.25) is 5.91 Å². The number of aryl methyl sites for hydroxylation is 1. The molecule has 0 radical (unpaired) electrons. The number of alkyl halides is 2. The molecule has 2 N–H and O–H groups in total. The number of piperazine rings is 1. The lowest BCUT2D eigenvalue weighted by Gasteiger charge is -2.36. The first-order valence-electron chi connectivity index (χ1n) is 13.9. The third kappa shape index (κ3) is 5.62. The highest BCUT2D eigenvalue weighted by Crippen LogP contribution is 2.28. The number of fused-ring (bicyclic) bond motifs is 1. The van der Waals surface area contributed by atoms with Crippen LogP contribution in [-0.4, -0.2) is 81.4 Å². The molecule has 1 atom stereocenters. The smallest absolute Gasteiger partial charge is 0.387 e. The number of carbonyl (C=O) groups excluding carboxylic acids is 2. The van der Waals surface area contributed by atoms with E-state index < -0.39 is 6.61 Å². The number of nitrogens with zero attached hydrogens (tertiary/aromatic N) is 5. The number of carbonyl (C=O) groups is 2. The van der Waals surface area contributed by atoms with Crippen LogP contribution >= 0.6 is 0 Å². The standard InChI is InChI=1S/C30H31F2N7O3/c1-19-17-21(6-9-23(19)28(40)37-13-15-38(16-14-37)29(41)24-3-2-10-33-24)36-26-27-35-18-25(39(27)12-11-34-26)20-4-7-22(8-5-20)42-30(31)32/h4-9,11-12,17-18,24,30,33H,2-3,10,13-16H2,1H3,(H,34,36). The SMILES string of the molecule is Cc1cc(Nc2nccn3c(-c4ccc(OC(F)F)cc4)cnc23)ccc1C(=O)N1CCN(C(=O)C2CCCN2)CC1. The van der Waals surface area contributed by atoms with E-state index in [1.54, 1.807) is 36.8 Å². The van der Waals surface area contributed by atoms with Crippen molar-refractivity contribution in [1.82, 2.24) is 29.5 Å². The molecule has 10 nitrogen and oxygen atoms in total. The first-order chi connectivity index (χ1) is 20.4. The Hall–Kier alpha value is -4.58. The van der Waals surface area contributed by atoms with Gasteiger partial charge in [0.1, 0.15) is 5.75 Å². The van der Waals surface area contributed by atoms with Crippen LogP contribution in [0.25, 0.3) is 16.9 Å². The molecule has 42 heavy (non-hydrogen) atoms. The number of anilines is 2. The molecule has 2 saturated heterocycles. The average molecular weight is 576 g/mol. The summed E-state index contributed by atoms with van der Waals surface area (Å²) in [6, 6.07) is 11.8. The maximum atomic E-state index is 13.3. The molecule has 1 unspecified atom stereocenters. The van der Waals surface area contributed by atoms with E-state index in [0.29, 0.717) is 43.2 Å². The third-order valence-corrected chi connectivity index (χ3v) is 7.76. The molecule has 6 rings (SSSR count). The number of hydrogen-bond acceptors (Lipinski definition) is 7. The van der Waals surface area contributed by atoms with Crippen molar-refractivity contribution in [1.29, 1.82) is 0 Å². The van der Waals surface area contributed by atoms with Gasteiger partial charge in [-0.05, 0) is 74.3 Å². The second-order valence-electron chi connectivity index (χ2n) is 10.4. The number of ether oxygens (including phenoxy) is 1. The summed E-state index contributed by atoms with van der Waals surface area (Å²) in [5, 5.41) is 6.56. The summed E-state index contributed by atoms with van der Waals surface area (Å²) in [5.41, 5.74) is 4.31. The number of halogens is 2. The Morgan fingerprint density at radius 2 is 1.81 bits per heavy atom. The van der Waals surface area contributed by atoms with Crippen LogP contribution in [-0.2, 0) is 4.79 Å². The second kappa shape index (κ2) is 11.7. The molecule has 2 amide bonds. The predicted molar refractivity (Wildman–Crippen MR) is 153 cm³/mol. The molecular weight excluding hydrogens is 544 g/mol. The van der Waals surface area contributed by atoms with Crippen LogP contribution in [0.3, 0.4) is 0 Å². The van der Waals surface area contributed by atoms with Crippen LogP contribution in [0.1, 0.15) is 28.8 Å². The molecule has 4 heterocycles. The van der Waals surface area contributed by atoms with Crippen LogP contribution in [0.4, 0.5) is 20.3 Å². The third-order valence-electron chi connectivity index (χ3n) is 7.76. The van der Waals surface area contributed by atoms with Gasteiger partial charge in [0.15, 0.2) is 11.5 Å². The maximum absolute atomic E-state index is 13.3. The molecule has 2 aromatic carbocycles. The van der Waals surface area contributed by atoms with Gasteiger partial charge in [-0.1, -0.05) is 0 Å². The molecule has 0 aliphatic carbocycles. The minimum absolute atomic E-state index is 0.0479. The number of aromatic nitrogens is 3. The fraction of sp³-hybridized carbons (Fsp3) is 0.333. The average Bonchev–Trinajstić information content (AvgIpc) is 3.68. The topological polar surface area (TPSA) is 104 Å². The Kier molecular flexibility index (Phi) is 7.70. The quantitative estimate of drug-likeness (QED) is 0.342. The predicted octanol–water partition coefficient (Wildman–Crippen LogP) is 4.09. The lowest BCUT2D eigenvalue weighted by Crippen LogP contribution is -2.54. The summed E-state index contributed by atoms with van der Waals surface area (Å²) in [6.45, 7) is 1.99. The van der Waals surface area contributed by atoms with Crippen LogP contribution < -0.4 is 15.4 Å². The van der Waals surface area contributed by atoms with Crippen molar-refractivity contribution in [2.75, 3.05) is 38.0 Å². The van der Waals surface area contributed by atoms with Crippen LogP contribution in [0.5, 0.6) is 5.75 Å². The Morgan fingerprint density at radius 1 is 1.05 bits per heavy atom. The van der Waals surface area contributed by atoms with Gasteiger partial charge in [0.25, 0.3) is 5.91 Å². The van der Waals surface area contributed by atoms with Gasteiger partial charge in [-0.15, -0.1) is 0 Å². The van der Waals surface area contributed by atoms with E-state index in [1.807, 2.05) is 33.3 Å². The van der Waals surface area contributed by atoms with Crippen molar-refractivity contribution in [2.24, 2.45) is 0 Å². The van der Waals surface area contributed by atoms with Gasteiger partial charge in [-0.3, -0.25) is 14.0 Å². The first-order valence-corrected chi connectivity index (χ1v) is 13.9. The number of hydrogen-bond donors (Lipinski definition) is 2. The molecule has 2 fully saturated rings. The van der Waals surface area contributed by atoms with Crippen molar-refractivity contribution in [3.8, 4) is 17.0 Å². The van der Waals surface area contributed by atoms with E-state index in [9.17, 15) is 18.4 Å². The van der Waals surface area contributed by atoms with Crippen molar-refractivity contribution in [3.05, 3.63) is 72.2 Å². The summed E-state index contributed by atoms with van der Waals surface area (Å²) in [6.07, 6.45) is 7.00. The van der Waals surface area contributed by atoms with Crippen molar-refractivity contribution < 1.29 is 23.1 Å². The molecule has 0 saturated carbocycles. The van der Waals surface area contributed by atoms with Gasteiger partial charge in [0, 0.05) is 55.4 Å².